The molecule has 4 rings (SSSR count). The van der Waals surface area contributed by atoms with E-state index in [0.29, 0.717) is 26.4 Å². The minimum atomic E-state index is -0.487. The van der Waals surface area contributed by atoms with Crippen LogP contribution < -0.4 is 14.2 Å². The van der Waals surface area contributed by atoms with Gasteiger partial charge < -0.3 is 4.74 Å². The van der Waals surface area contributed by atoms with E-state index in [0.717, 1.165) is 28.8 Å². The zero-order chi connectivity index (χ0) is 22.7. The van der Waals surface area contributed by atoms with E-state index in [2.05, 4.69) is 9.44 Å². The molecule has 2 N–H and O–H groups in total. The Kier molecular flexibility index (Phi) is 6.96. The van der Waals surface area contributed by atoms with E-state index in [1.165, 1.54) is 6.08 Å². The molecule has 0 atom stereocenters. The van der Waals surface area contributed by atoms with Crippen molar-refractivity contribution in [1.29, 1.82) is 0 Å². The van der Waals surface area contributed by atoms with E-state index in [-0.39, 0.29) is 12.2 Å². The van der Waals surface area contributed by atoms with Crippen molar-refractivity contribution in [2.75, 3.05) is 0 Å². The maximum absolute atomic E-state index is 12.2. The Morgan fingerprint density at radius 2 is 1.44 bits per heavy atom. The zero-order valence-electron chi connectivity index (χ0n) is 16.3. The van der Waals surface area contributed by atoms with Gasteiger partial charge in [0.2, 0.25) is 0 Å². The largest absolute Gasteiger partial charge is 0.488 e. The second-order valence-electron chi connectivity index (χ2n) is 6.85. The normalized spacial score (nSPS) is 13.4. The fourth-order valence-corrected chi connectivity index (χ4v) is 4.16. The van der Waals surface area contributed by atoms with Gasteiger partial charge in [0.05, 0.1) is 12.1 Å². The Hall–Kier alpha value is -2.64. The van der Waals surface area contributed by atoms with E-state index in [9.17, 15) is 9.59 Å². The van der Waals surface area contributed by atoms with Crippen LogP contribution in [0.25, 0.3) is 17.2 Å². The molecule has 0 aliphatic carbocycles. The Morgan fingerprint density at radius 3 is 2.09 bits per heavy atom. The lowest BCUT2D eigenvalue weighted by Crippen LogP contribution is -2.37. The molecule has 3 aromatic carbocycles. The predicted molar refractivity (Wildman–Crippen MR) is 130 cm³/mol. The highest BCUT2D eigenvalue weighted by atomic mass is 35.5. The van der Waals surface area contributed by atoms with Crippen LogP contribution in [0.3, 0.4) is 0 Å². The first-order valence-electron chi connectivity index (χ1n) is 9.35. The van der Waals surface area contributed by atoms with Crippen LogP contribution in [-0.2, 0) is 16.2 Å². The summed E-state index contributed by atoms with van der Waals surface area (Å²) in [6.45, 7) is 0.282. The van der Waals surface area contributed by atoms with E-state index in [1.54, 1.807) is 36.4 Å². The maximum atomic E-state index is 12.2. The summed E-state index contributed by atoms with van der Waals surface area (Å²) >= 11 is 19.1. The molecule has 0 radical (unpaired) electrons. The predicted octanol–water partition coefficient (Wildman–Crippen LogP) is 6.09. The first-order valence-corrected chi connectivity index (χ1v) is 11.3. The molecule has 3 aromatic rings. The van der Waals surface area contributed by atoms with E-state index < -0.39 is 11.8 Å². The molecule has 1 fully saturated rings. The van der Waals surface area contributed by atoms with Crippen molar-refractivity contribution >= 4 is 64.8 Å². The van der Waals surface area contributed by atoms with Crippen LogP contribution in [0.2, 0.25) is 15.1 Å². The Morgan fingerprint density at radius 1 is 0.781 bits per heavy atom. The summed E-state index contributed by atoms with van der Waals surface area (Å²) in [6, 6.07) is 18.0. The highest BCUT2D eigenvalue weighted by molar-refractivity contribution is 7.96. The molecule has 2 amide bonds. The number of hydrogen-bond donors (Lipinski definition) is 2. The minimum Gasteiger partial charge on any atom is -0.488 e. The van der Waals surface area contributed by atoms with Crippen LogP contribution in [0, 0.1) is 0 Å². The molecule has 0 spiro atoms. The van der Waals surface area contributed by atoms with Crippen molar-refractivity contribution in [3.63, 3.8) is 0 Å². The monoisotopic (exact) mass is 504 g/mol. The second-order valence-corrected chi connectivity index (χ2v) is 8.77. The lowest BCUT2D eigenvalue weighted by Gasteiger charge is -2.16. The van der Waals surface area contributed by atoms with Gasteiger partial charge in [-0.1, -0.05) is 53.0 Å². The molecule has 1 heterocycles. The smallest absolute Gasteiger partial charge is 0.268 e. The summed E-state index contributed by atoms with van der Waals surface area (Å²) < 4.78 is 11.0. The van der Waals surface area contributed by atoms with E-state index in [4.69, 9.17) is 39.5 Å². The highest BCUT2D eigenvalue weighted by Crippen LogP contribution is 2.32. The molecule has 0 aromatic heterocycles. The standard InChI is InChI=1S/C23H15Cl3N2O3S/c24-17-4-1-13(2-5-17)12-31-21-6-3-14(15-8-18(25)11-19(26)9-15)7-16(21)10-20-22(29)27-32-28-23(20)30/h1-11H,12H2,(H,27,29)(H,28,30). The number of rotatable bonds is 5. The molecule has 0 bridgehead atoms. The number of amides is 2. The van der Waals surface area contributed by atoms with Crippen molar-refractivity contribution in [3.05, 3.63) is 92.4 Å². The fraction of sp³-hybridized carbons (Fsp3) is 0.0435. The van der Waals surface area contributed by atoms with Crippen molar-refractivity contribution in [3.8, 4) is 16.9 Å². The van der Waals surface area contributed by atoms with Crippen LogP contribution in [-0.4, -0.2) is 11.8 Å². The zero-order valence-corrected chi connectivity index (χ0v) is 19.4. The van der Waals surface area contributed by atoms with Crippen molar-refractivity contribution in [2.45, 2.75) is 6.61 Å². The van der Waals surface area contributed by atoms with Crippen molar-refractivity contribution < 1.29 is 14.3 Å². The topological polar surface area (TPSA) is 67.4 Å². The van der Waals surface area contributed by atoms with Gasteiger partial charge >= 0.3 is 0 Å². The molecular weight excluding hydrogens is 491 g/mol. The first kappa shape index (κ1) is 22.6. The summed E-state index contributed by atoms with van der Waals surface area (Å²) in [6.07, 6.45) is 1.50. The maximum Gasteiger partial charge on any atom is 0.268 e. The molecule has 9 heteroatoms. The van der Waals surface area contributed by atoms with Crippen molar-refractivity contribution in [1.82, 2.24) is 9.44 Å². The third-order valence-electron chi connectivity index (χ3n) is 4.59. The van der Waals surface area contributed by atoms with Gasteiger partial charge in [-0.3, -0.25) is 19.0 Å². The fourth-order valence-electron chi connectivity index (χ4n) is 3.05. The van der Waals surface area contributed by atoms with Crippen LogP contribution in [0.15, 0.2) is 66.2 Å². The molecule has 32 heavy (non-hydrogen) atoms. The number of halogens is 3. The number of carbonyl (C=O) groups excluding carboxylic acids is 2. The average molecular weight is 506 g/mol. The Bertz CT molecular complexity index is 1190. The SMILES string of the molecule is O=C1NSNC(=O)C1=Cc1cc(-c2cc(Cl)cc(Cl)c2)ccc1OCc1ccc(Cl)cc1. The van der Waals surface area contributed by atoms with E-state index in [1.807, 2.05) is 24.3 Å². The number of benzene rings is 3. The molecule has 1 aliphatic rings. The van der Waals surface area contributed by atoms with Crippen LogP contribution in [0.5, 0.6) is 5.75 Å². The summed E-state index contributed by atoms with van der Waals surface area (Å²) in [5.74, 6) is -0.472. The molecule has 1 aliphatic heterocycles. The highest BCUT2D eigenvalue weighted by Gasteiger charge is 2.24. The van der Waals surface area contributed by atoms with Crippen molar-refractivity contribution in [2.24, 2.45) is 0 Å². The minimum absolute atomic E-state index is 0.0265. The van der Waals surface area contributed by atoms with Gasteiger partial charge in [0.15, 0.2) is 0 Å². The average Bonchev–Trinajstić information content (AvgIpc) is 2.76. The van der Waals surface area contributed by atoms with Gasteiger partial charge in [0.25, 0.3) is 11.8 Å². The number of carbonyl (C=O) groups is 2. The van der Waals surface area contributed by atoms with Crippen LogP contribution in [0.1, 0.15) is 11.1 Å². The molecule has 5 nitrogen and oxygen atoms in total. The van der Waals surface area contributed by atoms with Gasteiger partial charge in [-0.15, -0.1) is 0 Å². The summed E-state index contributed by atoms with van der Waals surface area (Å²) in [5, 5.41) is 1.63. The summed E-state index contributed by atoms with van der Waals surface area (Å²) in [5.41, 5.74) is 3.04. The van der Waals surface area contributed by atoms with Gasteiger partial charge in [-0.2, -0.15) is 0 Å². The lowest BCUT2D eigenvalue weighted by molar-refractivity contribution is -0.122. The number of hydrogen-bond acceptors (Lipinski definition) is 4. The molecule has 0 unspecified atom stereocenters. The molecular formula is C23H15Cl3N2O3S. The Balaban J connectivity index is 1.73. The number of nitrogens with one attached hydrogen (secondary N) is 2. The van der Waals surface area contributed by atoms with Gasteiger partial charge in [-0.25, -0.2) is 0 Å². The van der Waals surface area contributed by atoms with Gasteiger partial charge in [0, 0.05) is 20.6 Å². The second kappa shape index (κ2) is 9.88. The quantitative estimate of drug-likeness (QED) is 0.250. The number of ether oxygens (including phenoxy) is 1. The summed E-state index contributed by atoms with van der Waals surface area (Å²) in [4.78, 5) is 24.5. The summed E-state index contributed by atoms with van der Waals surface area (Å²) in [7, 11) is 0. The third-order valence-corrected chi connectivity index (χ3v) is 5.85. The third kappa shape index (κ3) is 5.40. The van der Waals surface area contributed by atoms with Crippen LogP contribution in [0.4, 0.5) is 0 Å². The Labute approximate surface area is 204 Å². The molecule has 162 valence electrons. The lowest BCUT2D eigenvalue weighted by atomic mass is 10.0. The molecule has 0 saturated carbocycles. The van der Waals surface area contributed by atoms with Gasteiger partial charge in [0.1, 0.15) is 17.9 Å². The van der Waals surface area contributed by atoms with E-state index >= 15 is 0 Å². The van der Waals surface area contributed by atoms with Gasteiger partial charge in [-0.05, 0) is 65.2 Å². The first-order chi connectivity index (χ1) is 15.4. The molecule has 1 saturated heterocycles. The van der Waals surface area contributed by atoms with Crippen LogP contribution >= 0.6 is 46.9 Å².